The van der Waals surface area contributed by atoms with E-state index < -0.39 is 0 Å². The molecule has 4 nitrogen and oxygen atoms in total. The Labute approximate surface area is 172 Å². The van der Waals surface area contributed by atoms with Gasteiger partial charge in [-0.05, 0) is 72.6 Å². The van der Waals surface area contributed by atoms with Gasteiger partial charge < -0.3 is 14.9 Å². The van der Waals surface area contributed by atoms with Crippen LogP contribution in [0.3, 0.4) is 0 Å². The number of ether oxygens (including phenoxy) is 1. The maximum absolute atomic E-state index is 11.5. The molecule has 0 bridgehead atoms. The van der Waals surface area contributed by atoms with Gasteiger partial charge in [0.25, 0.3) is 0 Å². The molecule has 3 aromatic carbocycles. The molecule has 0 saturated carbocycles. The van der Waals surface area contributed by atoms with Crippen LogP contribution in [0.25, 0.3) is 31.7 Å². The molecule has 0 aliphatic carbocycles. The van der Waals surface area contributed by atoms with Crippen LogP contribution >= 0.6 is 11.3 Å². The number of carbonyl (C=O) groups excluding carboxylic acids is 1. The van der Waals surface area contributed by atoms with Crippen molar-refractivity contribution in [2.45, 2.75) is 13.3 Å². The molecule has 0 amide bonds. The molecule has 0 aliphatic rings. The summed E-state index contributed by atoms with van der Waals surface area (Å²) in [6.45, 7) is 2.62. The highest BCUT2D eigenvalue weighted by Gasteiger charge is 2.20. The van der Waals surface area contributed by atoms with E-state index in [1.54, 1.807) is 41.7 Å². The molecule has 0 atom stereocenters. The number of aromatic hydroxyl groups is 2. The molecule has 0 unspecified atom stereocenters. The van der Waals surface area contributed by atoms with E-state index in [0.717, 1.165) is 44.4 Å². The first kappa shape index (κ1) is 19.0. The van der Waals surface area contributed by atoms with Crippen LogP contribution in [0.5, 0.6) is 17.2 Å². The molecular formula is C24H20O4S. The fourth-order valence-electron chi connectivity index (χ4n) is 3.32. The lowest BCUT2D eigenvalue weighted by Crippen LogP contribution is -1.98. The zero-order chi connectivity index (χ0) is 20.4. The van der Waals surface area contributed by atoms with E-state index in [2.05, 4.69) is 0 Å². The predicted molar refractivity (Wildman–Crippen MR) is 117 cm³/mol. The Bertz CT molecular complexity index is 1180. The third-order valence-electron chi connectivity index (χ3n) is 4.67. The Balaban J connectivity index is 2.03. The number of phenols is 2. The molecule has 0 fully saturated rings. The van der Waals surface area contributed by atoms with Crippen LogP contribution in [0.2, 0.25) is 0 Å². The first-order chi connectivity index (χ1) is 14.1. The number of phenolic OH excluding ortho intramolecular Hbond substituents is 2. The highest BCUT2D eigenvalue weighted by Crippen LogP contribution is 2.48. The van der Waals surface area contributed by atoms with Crippen molar-refractivity contribution in [1.82, 2.24) is 0 Å². The third-order valence-corrected chi connectivity index (χ3v) is 5.88. The molecular weight excluding hydrogens is 384 g/mol. The van der Waals surface area contributed by atoms with Crippen molar-refractivity contribution < 1.29 is 19.7 Å². The first-order valence-electron chi connectivity index (χ1n) is 9.38. The zero-order valence-corrected chi connectivity index (χ0v) is 16.7. The maximum Gasteiger partial charge on any atom is 0.150 e. The molecule has 1 heterocycles. The molecule has 0 radical (unpaired) electrons. The number of benzene rings is 3. The SMILES string of the molecule is CCCOc1ccc(C=O)cc1-c1c(-c2ccc(O)cc2)sc2cc(O)ccc12. The number of aldehydes is 1. The van der Waals surface area contributed by atoms with Gasteiger partial charge in [0.1, 0.15) is 23.5 Å². The summed E-state index contributed by atoms with van der Waals surface area (Å²) in [7, 11) is 0. The van der Waals surface area contributed by atoms with Gasteiger partial charge in [-0.15, -0.1) is 11.3 Å². The van der Waals surface area contributed by atoms with Gasteiger partial charge in [-0.25, -0.2) is 0 Å². The topological polar surface area (TPSA) is 66.8 Å². The van der Waals surface area contributed by atoms with E-state index in [4.69, 9.17) is 4.74 Å². The minimum atomic E-state index is 0.198. The van der Waals surface area contributed by atoms with Crippen LogP contribution in [-0.2, 0) is 0 Å². The van der Waals surface area contributed by atoms with E-state index in [1.807, 2.05) is 37.3 Å². The Kier molecular flexibility index (Phi) is 5.23. The van der Waals surface area contributed by atoms with Crippen LogP contribution in [0.4, 0.5) is 0 Å². The Hall–Kier alpha value is -3.31. The van der Waals surface area contributed by atoms with Crippen LogP contribution in [-0.4, -0.2) is 23.1 Å². The largest absolute Gasteiger partial charge is 0.508 e. The van der Waals surface area contributed by atoms with Crippen LogP contribution in [0.15, 0.2) is 60.7 Å². The number of carbonyl (C=O) groups is 1. The molecule has 5 heteroatoms. The molecule has 0 aliphatic heterocycles. The molecule has 4 rings (SSSR count). The van der Waals surface area contributed by atoms with Crippen molar-refractivity contribution >= 4 is 27.7 Å². The van der Waals surface area contributed by atoms with Crippen molar-refractivity contribution in [3.63, 3.8) is 0 Å². The Morgan fingerprint density at radius 2 is 1.72 bits per heavy atom. The normalized spacial score (nSPS) is 10.9. The summed E-state index contributed by atoms with van der Waals surface area (Å²) < 4.78 is 6.92. The Morgan fingerprint density at radius 1 is 0.966 bits per heavy atom. The van der Waals surface area contributed by atoms with Gasteiger partial charge in [0, 0.05) is 31.7 Å². The fourth-order valence-corrected chi connectivity index (χ4v) is 4.58. The van der Waals surface area contributed by atoms with E-state index in [9.17, 15) is 15.0 Å². The van der Waals surface area contributed by atoms with E-state index in [-0.39, 0.29) is 11.5 Å². The molecule has 2 N–H and O–H groups in total. The van der Waals surface area contributed by atoms with Gasteiger partial charge in [0.2, 0.25) is 0 Å². The minimum absolute atomic E-state index is 0.198. The monoisotopic (exact) mass is 404 g/mol. The summed E-state index contributed by atoms with van der Waals surface area (Å²) in [5.41, 5.74) is 3.30. The highest BCUT2D eigenvalue weighted by molar-refractivity contribution is 7.23. The second-order valence-electron chi connectivity index (χ2n) is 6.76. The van der Waals surface area contributed by atoms with E-state index in [1.165, 1.54) is 0 Å². The number of hydrogen-bond acceptors (Lipinski definition) is 5. The van der Waals surface area contributed by atoms with Gasteiger partial charge in [-0.2, -0.15) is 0 Å². The summed E-state index contributed by atoms with van der Waals surface area (Å²) in [5, 5.41) is 20.6. The molecule has 1 aromatic heterocycles. The average molecular weight is 404 g/mol. The van der Waals surface area contributed by atoms with Crippen molar-refractivity contribution in [2.75, 3.05) is 6.61 Å². The highest BCUT2D eigenvalue weighted by atomic mass is 32.1. The molecule has 29 heavy (non-hydrogen) atoms. The smallest absolute Gasteiger partial charge is 0.150 e. The number of fused-ring (bicyclic) bond motifs is 1. The molecule has 146 valence electrons. The average Bonchev–Trinajstić information content (AvgIpc) is 3.11. The summed E-state index contributed by atoms with van der Waals surface area (Å²) in [6.07, 6.45) is 1.70. The standard InChI is InChI=1S/C24H20O4S/c1-2-11-28-21-10-3-15(14-25)12-20(21)23-19-9-8-18(27)13-22(19)29-24(23)16-4-6-17(26)7-5-16/h3-10,12-14,26-27H,2,11H2,1H3. The summed E-state index contributed by atoms with van der Waals surface area (Å²) in [6, 6.07) is 17.7. The second-order valence-corrected chi connectivity index (χ2v) is 7.81. The predicted octanol–water partition coefficient (Wildman–Crippen LogP) is 6.25. The zero-order valence-electron chi connectivity index (χ0n) is 15.9. The van der Waals surface area contributed by atoms with Gasteiger partial charge in [0.05, 0.1) is 6.61 Å². The van der Waals surface area contributed by atoms with Gasteiger partial charge in [-0.1, -0.05) is 6.92 Å². The lowest BCUT2D eigenvalue weighted by Gasteiger charge is -2.13. The van der Waals surface area contributed by atoms with Gasteiger partial charge in [-0.3, -0.25) is 4.79 Å². The maximum atomic E-state index is 11.5. The lowest BCUT2D eigenvalue weighted by molar-refractivity contribution is 0.112. The van der Waals surface area contributed by atoms with Crippen molar-refractivity contribution in [3.05, 3.63) is 66.2 Å². The fraction of sp³-hybridized carbons (Fsp3) is 0.125. The van der Waals surface area contributed by atoms with Crippen molar-refractivity contribution in [1.29, 1.82) is 0 Å². The van der Waals surface area contributed by atoms with Crippen molar-refractivity contribution in [3.8, 4) is 38.8 Å². The van der Waals surface area contributed by atoms with Gasteiger partial charge >= 0.3 is 0 Å². The molecule has 4 aromatic rings. The van der Waals surface area contributed by atoms with Crippen LogP contribution in [0.1, 0.15) is 23.7 Å². The number of thiophene rings is 1. The Morgan fingerprint density at radius 3 is 2.45 bits per heavy atom. The molecule has 0 saturated heterocycles. The lowest BCUT2D eigenvalue weighted by atomic mass is 9.96. The van der Waals surface area contributed by atoms with Crippen molar-refractivity contribution in [2.24, 2.45) is 0 Å². The molecule has 0 spiro atoms. The van der Waals surface area contributed by atoms with Crippen LogP contribution in [0, 0.1) is 0 Å². The van der Waals surface area contributed by atoms with E-state index >= 15 is 0 Å². The summed E-state index contributed by atoms with van der Waals surface area (Å²) >= 11 is 1.55. The summed E-state index contributed by atoms with van der Waals surface area (Å²) in [5.74, 6) is 1.11. The number of hydrogen-bond donors (Lipinski definition) is 2. The second kappa shape index (κ2) is 7.97. The minimum Gasteiger partial charge on any atom is -0.508 e. The van der Waals surface area contributed by atoms with Crippen LogP contribution < -0.4 is 4.74 Å². The quantitative estimate of drug-likeness (QED) is 0.373. The first-order valence-corrected chi connectivity index (χ1v) is 10.2. The van der Waals surface area contributed by atoms with Gasteiger partial charge in [0.15, 0.2) is 0 Å². The third kappa shape index (κ3) is 3.69. The number of rotatable bonds is 6. The van der Waals surface area contributed by atoms with E-state index in [0.29, 0.717) is 17.9 Å². The summed E-state index contributed by atoms with van der Waals surface area (Å²) in [4.78, 5) is 12.4.